The fourth-order valence-corrected chi connectivity index (χ4v) is 3.67. The molecule has 1 aromatic carbocycles. The number of nitrogens with zero attached hydrogens (tertiary/aromatic N) is 2. The number of halogens is 2. The molecular weight excluding hydrogens is 370 g/mol. The number of nitrogens with one attached hydrogen (secondary N) is 2. The van der Waals surface area contributed by atoms with Gasteiger partial charge in [0.25, 0.3) is 6.04 Å². The molecule has 7 nitrogen and oxygen atoms in total. The van der Waals surface area contributed by atoms with Gasteiger partial charge in [-0.2, -0.15) is 5.26 Å². The maximum absolute atomic E-state index is 13.7. The number of benzene rings is 1. The number of fused-ring (bicyclic) bond motifs is 1. The van der Waals surface area contributed by atoms with Crippen molar-refractivity contribution in [1.82, 2.24) is 10.6 Å². The van der Waals surface area contributed by atoms with Crippen molar-refractivity contribution >= 4 is 11.8 Å². The molecule has 2 aliphatic rings. The third-order valence-electron chi connectivity index (χ3n) is 5.20. The molecular formula is C19H19F2N4O3+. The molecule has 2 amide bonds. The summed E-state index contributed by atoms with van der Waals surface area (Å²) >= 11 is 0. The normalized spacial score (nSPS) is 24.3. The molecule has 1 aromatic rings. The standard InChI is InChI=1S/C19H18F2N4O3/c1-10-14(7-17(26)23-9-11-2-3-12(20)6-15(11)21)19(27)24-16-5-4-13(8-22)25(28)18(10)16/h2-3,6,13,16,18H,4-5,7,9H2,1H3,(H-,23,24,26,27)/p+1. The number of nitriles is 1. The summed E-state index contributed by atoms with van der Waals surface area (Å²) in [6, 6.07) is 3.13. The van der Waals surface area contributed by atoms with Crippen LogP contribution in [0.25, 0.3) is 0 Å². The Kier molecular flexibility index (Phi) is 5.49. The molecule has 2 aliphatic heterocycles. The summed E-state index contributed by atoms with van der Waals surface area (Å²) in [4.78, 5) is 37.1. The van der Waals surface area contributed by atoms with Crippen LogP contribution in [-0.4, -0.2) is 34.7 Å². The maximum atomic E-state index is 13.7. The van der Waals surface area contributed by atoms with Gasteiger partial charge in [-0.1, -0.05) is 6.07 Å². The summed E-state index contributed by atoms with van der Waals surface area (Å²) in [5.41, 5.74) is 0.744. The lowest BCUT2D eigenvalue weighted by Gasteiger charge is -2.33. The average molecular weight is 389 g/mol. The minimum atomic E-state index is -0.789. The molecule has 2 heterocycles. The van der Waals surface area contributed by atoms with Crippen molar-refractivity contribution in [3.63, 3.8) is 0 Å². The Labute approximate surface area is 160 Å². The van der Waals surface area contributed by atoms with Crippen LogP contribution in [-0.2, 0) is 16.1 Å². The molecule has 146 valence electrons. The van der Waals surface area contributed by atoms with Crippen molar-refractivity contribution < 1.29 is 23.1 Å². The highest BCUT2D eigenvalue weighted by atomic mass is 19.1. The monoisotopic (exact) mass is 389 g/mol. The van der Waals surface area contributed by atoms with Gasteiger partial charge in [-0.25, -0.2) is 8.78 Å². The van der Waals surface area contributed by atoms with E-state index in [1.807, 2.05) is 6.07 Å². The predicted octanol–water partition coefficient (Wildman–Crippen LogP) is 1.62. The first kappa shape index (κ1) is 19.6. The minimum absolute atomic E-state index is 0.114. The Hall–Kier alpha value is -3.15. The zero-order valence-electron chi connectivity index (χ0n) is 15.2. The SMILES string of the molecule is CC1=C(CC(=O)NCc2ccc(F)cc2F)C(=O)NC2CCC(C#N)[N+](=O)C12. The lowest BCUT2D eigenvalue weighted by molar-refractivity contribution is -0.613. The number of hydrogen-bond donors (Lipinski definition) is 2. The van der Waals surface area contributed by atoms with Gasteiger partial charge in [0.05, 0.1) is 12.5 Å². The van der Waals surface area contributed by atoms with E-state index in [0.717, 1.165) is 12.1 Å². The minimum Gasteiger partial charge on any atom is -0.352 e. The van der Waals surface area contributed by atoms with Crippen LogP contribution in [0.3, 0.4) is 0 Å². The van der Waals surface area contributed by atoms with Crippen molar-refractivity contribution in [2.24, 2.45) is 0 Å². The lowest BCUT2D eigenvalue weighted by atomic mass is 9.83. The molecule has 3 atom stereocenters. The number of rotatable bonds is 4. The van der Waals surface area contributed by atoms with E-state index in [9.17, 15) is 23.3 Å². The molecule has 9 heteroatoms. The highest BCUT2D eigenvalue weighted by Crippen LogP contribution is 2.30. The molecule has 0 radical (unpaired) electrons. The second kappa shape index (κ2) is 7.84. The quantitative estimate of drug-likeness (QED) is 0.764. The molecule has 1 saturated heterocycles. The Bertz CT molecular complexity index is 922. The van der Waals surface area contributed by atoms with Gasteiger partial charge < -0.3 is 10.6 Å². The van der Waals surface area contributed by atoms with Gasteiger partial charge >= 0.3 is 0 Å². The molecule has 3 unspecified atom stereocenters. The first-order valence-corrected chi connectivity index (χ1v) is 8.88. The Balaban J connectivity index is 1.72. The first-order chi connectivity index (χ1) is 13.3. The highest BCUT2D eigenvalue weighted by Gasteiger charge is 2.50. The van der Waals surface area contributed by atoms with Gasteiger partial charge in [-0.15, -0.1) is 0 Å². The van der Waals surface area contributed by atoms with E-state index in [1.165, 1.54) is 6.07 Å². The second-order valence-corrected chi connectivity index (χ2v) is 6.96. The van der Waals surface area contributed by atoms with Crippen molar-refractivity contribution in [3.8, 4) is 6.07 Å². The Morgan fingerprint density at radius 3 is 2.82 bits per heavy atom. The molecule has 3 rings (SSSR count). The van der Waals surface area contributed by atoms with Crippen molar-refractivity contribution in [2.75, 3.05) is 0 Å². The Morgan fingerprint density at radius 2 is 2.14 bits per heavy atom. The average Bonchev–Trinajstić information content (AvgIpc) is 2.64. The fourth-order valence-electron chi connectivity index (χ4n) is 3.67. The van der Waals surface area contributed by atoms with E-state index in [0.29, 0.717) is 23.2 Å². The zero-order chi connectivity index (χ0) is 20.4. The van der Waals surface area contributed by atoms with Gasteiger partial charge in [0.1, 0.15) is 17.7 Å². The van der Waals surface area contributed by atoms with Crippen LogP contribution in [0.5, 0.6) is 0 Å². The first-order valence-electron chi connectivity index (χ1n) is 8.88. The summed E-state index contributed by atoms with van der Waals surface area (Å²) in [6.45, 7) is 1.46. The smallest absolute Gasteiger partial charge is 0.286 e. The molecule has 0 aromatic heterocycles. The summed E-state index contributed by atoms with van der Waals surface area (Å²) in [7, 11) is 0. The van der Waals surface area contributed by atoms with Crippen LogP contribution in [0.4, 0.5) is 8.78 Å². The largest absolute Gasteiger partial charge is 0.352 e. The van der Waals surface area contributed by atoms with Crippen molar-refractivity contribution in [1.29, 1.82) is 5.26 Å². The van der Waals surface area contributed by atoms with Crippen LogP contribution in [0.15, 0.2) is 29.3 Å². The number of piperidine rings is 1. The van der Waals surface area contributed by atoms with E-state index in [4.69, 9.17) is 5.26 Å². The summed E-state index contributed by atoms with van der Waals surface area (Å²) in [5.74, 6) is -2.45. The van der Waals surface area contributed by atoms with E-state index < -0.39 is 41.6 Å². The molecule has 2 N–H and O–H groups in total. The highest BCUT2D eigenvalue weighted by molar-refractivity contribution is 6.00. The number of carbonyl (C=O) groups excluding carboxylic acids is 2. The predicted molar refractivity (Wildman–Crippen MR) is 93.5 cm³/mol. The van der Waals surface area contributed by atoms with Gasteiger partial charge in [0.2, 0.25) is 17.9 Å². The lowest BCUT2D eigenvalue weighted by Crippen LogP contribution is -2.58. The van der Waals surface area contributed by atoms with Crippen LogP contribution >= 0.6 is 0 Å². The van der Waals surface area contributed by atoms with Crippen LogP contribution in [0, 0.1) is 27.9 Å². The molecule has 28 heavy (non-hydrogen) atoms. The molecule has 0 aliphatic carbocycles. The third kappa shape index (κ3) is 3.76. The van der Waals surface area contributed by atoms with Crippen LogP contribution < -0.4 is 10.6 Å². The summed E-state index contributed by atoms with van der Waals surface area (Å²) in [6.07, 6.45) is 0.594. The van der Waals surface area contributed by atoms with E-state index in [-0.39, 0.29) is 24.1 Å². The topological polar surface area (TPSA) is 102 Å². The summed E-state index contributed by atoms with van der Waals surface area (Å²) < 4.78 is 27.3. The summed E-state index contributed by atoms with van der Waals surface area (Å²) in [5, 5.41) is 14.3. The fraction of sp³-hybridized carbons (Fsp3) is 0.421. The number of carbonyl (C=O) groups is 2. The van der Waals surface area contributed by atoms with Gasteiger partial charge in [-0.3, -0.25) is 9.59 Å². The van der Waals surface area contributed by atoms with E-state index >= 15 is 0 Å². The maximum Gasteiger partial charge on any atom is 0.286 e. The van der Waals surface area contributed by atoms with Crippen LogP contribution in [0.2, 0.25) is 0 Å². The molecule has 0 bridgehead atoms. The number of hydrogen-bond acceptors (Lipinski definition) is 4. The Morgan fingerprint density at radius 1 is 1.39 bits per heavy atom. The molecule has 1 fully saturated rings. The molecule has 0 spiro atoms. The zero-order valence-corrected chi connectivity index (χ0v) is 15.2. The van der Waals surface area contributed by atoms with Gasteiger partial charge in [0, 0.05) is 45.4 Å². The van der Waals surface area contributed by atoms with Crippen molar-refractivity contribution in [2.45, 2.75) is 50.9 Å². The van der Waals surface area contributed by atoms with E-state index in [2.05, 4.69) is 10.6 Å². The second-order valence-electron chi connectivity index (χ2n) is 6.96. The van der Waals surface area contributed by atoms with Gasteiger partial charge in [-0.05, 0) is 19.4 Å². The van der Waals surface area contributed by atoms with Crippen LogP contribution in [0.1, 0.15) is 31.7 Å². The van der Waals surface area contributed by atoms with E-state index in [1.54, 1.807) is 6.92 Å². The number of nitroso groups, excluding NO2 is 1. The third-order valence-corrected chi connectivity index (χ3v) is 5.20. The number of amides is 2. The van der Waals surface area contributed by atoms with Gasteiger partial charge in [0.15, 0.2) is 0 Å². The van der Waals surface area contributed by atoms with Crippen molar-refractivity contribution in [3.05, 3.63) is 51.5 Å². The molecule has 0 saturated carbocycles.